The van der Waals surface area contributed by atoms with Gasteiger partial charge >= 0.3 is 0 Å². The van der Waals surface area contributed by atoms with Gasteiger partial charge in [-0.1, -0.05) is 11.6 Å². The van der Waals surface area contributed by atoms with Crippen LogP contribution in [-0.2, 0) is 29.8 Å². The molecule has 1 saturated heterocycles. The number of aromatic nitrogens is 5. The zero-order valence-electron chi connectivity index (χ0n) is 19.8. The first kappa shape index (κ1) is 25.2. The molecule has 0 radical (unpaired) electrons. The second-order valence-corrected chi connectivity index (χ2v) is 11.6. The topological polar surface area (TPSA) is 130 Å². The number of rotatable bonds is 11. The fourth-order valence-electron chi connectivity index (χ4n) is 4.20. The maximum absolute atomic E-state index is 13.5. The van der Waals surface area contributed by atoms with Crippen molar-refractivity contribution in [3.8, 4) is 0 Å². The standard InChI is InChI=1S/C21H31ClN6O5S/c1-13(2)33-17(18-23-9-16(22)10-24-18)14(3)34(29,30)27-20-26-25-19(15-5-8-32-11-15)28(20)21(6-7-21)12-31-4/h9-10,13-15,17H,5-8,11-12H2,1-4H3,(H,26,27)/t14?,15-,17?/m0/s1. The zero-order valence-corrected chi connectivity index (χ0v) is 21.3. The van der Waals surface area contributed by atoms with Gasteiger partial charge < -0.3 is 14.2 Å². The van der Waals surface area contributed by atoms with Crippen molar-refractivity contribution < 1.29 is 22.6 Å². The lowest BCUT2D eigenvalue weighted by molar-refractivity contribution is 0.00154. The van der Waals surface area contributed by atoms with Gasteiger partial charge in [0.2, 0.25) is 16.0 Å². The van der Waals surface area contributed by atoms with Crippen LogP contribution in [0.5, 0.6) is 0 Å². The molecular formula is C21H31ClN6O5S. The summed E-state index contributed by atoms with van der Waals surface area (Å²) in [7, 11) is -2.35. The summed E-state index contributed by atoms with van der Waals surface area (Å²) in [6.07, 6.45) is 4.17. The molecule has 2 aromatic rings. The predicted molar refractivity (Wildman–Crippen MR) is 125 cm³/mol. The molecule has 3 atom stereocenters. The molecule has 0 bridgehead atoms. The van der Waals surface area contributed by atoms with Crippen molar-refractivity contribution in [2.45, 2.75) is 68.9 Å². The third kappa shape index (κ3) is 5.20. The van der Waals surface area contributed by atoms with Gasteiger partial charge in [-0.2, -0.15) is 0 Å². The highest BCUT2D eigenvalue weighted by Crippen LogP contribution is 2.47. The van der Waals surface area contributed by atoms with E-state index in [4.69, 9.17) is 25.8 Å². The van der Waals surface area contributed by atoms with Crippen LogP contribution in [0.4, 0.5) is 5.95 Å². The molecule has 4 rings (SSSR count). The van der Waals surface area contributed by atoms with Gasteiger partial charge in [0, 0.05) is 32.0 Å². The summed E-state index contributed by atoms with van der Waals surface area (Å²) in [4.78, 5) is 8.39. The first-order valence-corrected chi connectivity index (χ1v) is 13.3. The number of methoxy groups -OCH3 is 1. The summed E-state index contributed by atoms with van der Waals surface area (Å²) in [6, 6.07) is 0. The summed E-state index contributed by atoms with van der Waals surface area (Å²) < 4.78 is 48.6. The maximum Gasteiger partial charge on any atom is 0.240 e. The number of ether oxygens (including phenoxy) is 3. The van der Waals surface area contributed by atoms with Crippen LogP contribution < -0.4 is 4.72 Å². The minimum Gasteiger partial charge on any atom is -0.382 e. The van der Waals surface area contributed by atoms with Gasteiger partial charge in [-0.15, -0.1) is 10.2 Å². The average molecular weight is 515 g/mol. The zero-order chi connectivity index (χ0) is 24.5. The summed E-state index contributed by atoms with van der Waals surface area (Å²) in [5.74, 6) is 1.17. The molecule has 34 heavy (non-hydrogen) atoms. The normalized spacial score (nSPS) is 21.5. The van der Waals surface area contributed by atoms with Crippen LogP contribution in [0.3, 0.4) is 0 Å². The molecule has 1 aliphatic carbocycles. The molecule has 11 nitrogen and oxygen atoms in total. The lowest BCUT2D eigenvalue weighted by atomic mass is 10.1. The maximum atomic E-state index is 13.5. The molecule has 1 N–H and O–H groups in total. The van der Waals surface area contributed by atoms with Crippen LogP contribution in [0.25, 0.3) is 0 Å². The van der Waals surface area contributed by atoms with Crippen LogP contribution in [-0.4, -0.2) is 71.4 Å². The molecule has 0 aromatic carbocycles. The van der Waals surface area contributed by atoms with Crippen molar-refractivity contribution in [2.24, 2.45) is 0 Å². The van der Waals surface area contributed by atoms with E-state index >= 15 is 0 Å². The highest BCUT2D eigenvalue weighted by molar-refractivity contribution is 7.93. The van der Waals surface area contributed by atoms with Gasteiger partial charge in [0.1, 0.15) is 17.2 Å². The molecule has 2 aliphatic rings. The van der Waals surface area contributed by atoms with E-state index in [2.05, 4.69) is 24.9 Å². The number of hydrogen-bond donors (Lipinski definition) is 1. The Bertz CT molecular complexity index is 1080. The van der Waals surface area contributed by atoms with E-state index in [1.54, 1.807) is 14.0 Å². The number of nitrogens with zero attached hydrogens (tertiary/aromatic N) is 5. The molecular weight excluding hydrogens is 484 g/mol. The van der Waals surface area contributed by atoms with E-state index < -0.39 is 21.4 Å². The molecule has 1 saturated carbocycles. The molecule has 3 heterocycles. The predicted octanol–water partition coefficient (Wildman–Crippen LogP) is 2.66. The third-order valence-corrected chi connectivity index (χ3v) is 8.05. The third-order valence-electron chi connectivity index (χ3n) is 6.16. The van der Waals surface area contributed by atoms with E-state index in [0.29, 0.717) is 30.7 Å². The Morgan fingerprint density at radius 1 is 1.26 bits per heavy atom. The van der Waals surface area contributed by atoms with Gasteiger partial charge in [-0.3, -0.25) is 9.29 Å². The monoisotopic (exact) mass is 514 g/mol. The van der Waals surface area contributed by atoms with Crippen molar-refractivity contribution in [2.75, 3.05) is 31.7 Å². The van der Waals surface area contributed by atoms with Crippen molar-refractivity contribution in [3.05, 3.63) is 29.1 Å². The minimum absolute atomic E-state index is 0.0528. The largest absolute Gasteiger partial charge is 0.382 e. The summed E-state index contributed by atoms with van der Waals surface area (Å²) in [5, 5.41) is 7.94. The van der Waals surface area contributed by atoms with Gasteiger partial charge in [0.05, 0.1) is 29.9 Å². The highest BCUT2D eigenvalue weighted by atomic mass is 35.5. The lowest BCUT2D eigenvalue weighted by Crippen LogP contribution is -2.36. The Labute approximate surface area is 204 Å². The fourth-order valence-corrected chi connectivity index (χ4v) is 5.39. The Hall–Kier alpha value is -1.86. The second-order valence-electron chi connectivity index (χ2n) is 9.15. The summed E-state index contributed by atoms with van der Waals surface area (Å²) in [6.45, 7) is 6.81. The quantitative estimate of drug-likeness (QED) is 0.480. The Morgan fingerprint density at radius 3 is 2.53 bits per heavy atom. The molecule has 0 amide bonds. The van der Waals surface area contributed by atoms with Crippen LogP contribution in [0, 0.1) is 0 Å². The van der Waals surface area contributed by atoms with Gasteiger partial charge in [0.25, 0.3) is 0 Å². The van der Waals surface area contributed by atoms with Crippen molar-refractivity contribution >= 4 is 27.6 Å². The number of sulfonamides is 1. The number of hydrogen-bond acceptors (Lipinski definition) is 9. The average Bonchev–Trinajstić information content (AvgIpc) is 3.18. The van der Waals surface area contributed by atoms with Crippen LogP contribution in [0.2, 0.25) is 5.02 Å². The number of nitrogens with one attached hydrogen (secondary N) is 1. The molecule has 188 valence electrons. The van der Waals surface area contributed by atoms with Gasteiger partial charge in [0.15, 0.2) is 5.82 Å². The molecule has 13 heteroatoms. The van der Waals surface area contributed by atoms with Crippen LogP contribution in [0.1, 0.15) is 63.7 Å². The van der Waals surface area contributed by atoms with Crippen molar-refractivity contribution in [3.63, 3.8) is 0 Å². The van der Waals surface area contributed by atoms with Crippen molar-refractivity contribution in [1.29, 1.82) is 0 Å². The van der Waals surface area contributed by atoms with E-state index in [9.17, 15) is 8.42 Å². The fraction of sp³-hybridized carbons (Fsp3) is 0.714. The molecule has 1 aliphatic heterocycles. The summed E-state index contributed by atoms with van der Waals surface area (Å²) >= 11 is 5.91. The lowest BCUT2D eigenvalue weighted by Gasteiger charge is -2.26. The smallest absolute Gasteiger partial charge is 0.240 e. The first-order valence-electron chi connectivity index (χ1n) is 11.3. The van der Waals surface area contributed by atoms with E-state index in [1.807, 2.05) is 18.4 Å². The van der Waals surface area contributed by atoms with Gasteiger partial charge in [-0.25, -0.2) is 18.4 Å². The highest BCUT2D eigenvalue weighted by Gasteiger charge is 2.49. The van der Waals surface area contributed by atoms with E-state index in [-0.39, 0.29) is 29.3 Å². The van der Waals surface area contributed by atoms with Crippen molar-refractivity contribution in [1.82, 2.24) is 24.7 Å². The number of anilines is 1. The molecule has 2 fully saturated rings. The second kappa shape index (κ2) is 10.0. The summed E-state index contributed by atoms with van der Waals surface area (Å²) in [5.41, 5.74) is -0.371. The van der Waals surface area contributed by atoms with Crippen LogP contribution in [0.15, 0.2) is 12.4 Å². The molecule has 2 aromatic heterocycles. The van der Waals surface area contributed by atoms with E-state index in [1.165, 1.54) is 12.4 Å². The minimum atomic E-state index is -3.98. The van der Waals surface area contributed by atoms with Gasteiger partial charge in [-0.05, 0) is 40.0 Å². The number of halogens is 1. The Balaban J connectivity index is 1.66. The van der Waals surface area contributed by atoms with Crippen LogP contribution >= 0.6 is 11.6 Å². The Kier molecular flexibility index (Phi) is 7.44. The first-order chi connectivity index (χ1) is 16.2. The molecule has 2 unspecified atom stereocenters. The van der Waals surface area contributed by atoms with E-state index in [0.717, 1.165) is 19.3 Å². The molecule has 0 spiro atoms. The Morgan fingerprint density at radius 2 is 1.97 bits per heavy atom. The SMILES string of the molecule is COCC1(n2c(NS(=O)(=O)C(C)C(OC(C)C)c3ncc(Cl)cn3)nnc2[C@H]2CCOC2)CC1.